The highest BCUT2D eigenvalue weighted by molar-refractivity contribution is 6.06. The maximum Gasteiger partial charge on any atom is 0.251 e. The zero-order valence-corrected chi connectivity index (χ0v) is 12.1. The largest absolute Gasteiger partial charge is 0.352 e. The van der Waals surface area contributed by atoms with E-state index in [2.05, 4.69) is 10.3 Å². The third-order valence-electron chi connectivity index (χ3n) is 3.47. The molecule has 2 aromatic carbocycles. The second-order valence-electron chi connectivity index (χ2n) is 4.97. The van der Waals surface area contributed by atoms with E-state index in [1.807, 2.05) is 31.2 Å². The second-order valence-corrected chi connectivity index (χ2v) is 4.97. The van der Waals surface area contributed by atoms with Gasteiger partial charge in [-0.15, -0.1) is 0 Å². The molecular formula is C18H15FN2O. The number of carbonyl (C=O) groups is 1. The van der Waals surface area contributed by atoms with Gasteiger partial charge in [0.1, 0.15) is 5.82 Å². The van der Waals surface area contributed by atoms with Crippen LogP contribution in [-0.4, -0.2) is 17.4 Å². The van der Waals surface area contributed by atoms with Crippen LogP contribution in [-0.2, 0) is 0 Å². The third kappa shape index (κ3) is 2.68. The van der Waals surface area contributed by atoms with Gasteiger partial charge >= 0.3 is 0 Å². The van der Waals surface area contributed by atoms with E-state index in [1.54, 1.807) is 18.3 Å². The number of fused-ring (bicyclic) bond motifs is 1. The topological polar surface area (TPSA) is 42.0 Å². The highest BCUT2D eigenvalue weighted by Crippen LogP contribution is 2.25. The predicted molar refractivity (Wildman–Crippen MR) is 85.1 cm³/mol. The smallest absolute Gasteiger partial charge is 0.251 e. The molecule has 0 radical (unpaired) electrons. The predicted octanol–water partition coefficient (Wildman–Crippen LogP) is 3.79. The van der Waals surface area contributed by atoms with Gasteiger partial charge < -0.3 is 5.32 Å². The fourth-order valence-electron chi connectivity index (χ4n) is 2.43. The van der Waals surface area contributed by atoms with Crippen molar-refractivity contribution in [3.8, 4) is 11.1 Å². The molecule has 0 aliphatic carbocycles. The van der Waals surface area contributed by atoms with Crippen LogP contribution in [0.15, 0.2) is 54.7 Å². The summed E-state index contributed by atoms with van der Waals surface area (Å²) in [5.74, 6) is -0.430. The Morgan fingerprint density at radius 1 is 1.14 bits per heavy atom. The third-order valence-corrected chi connectivity index (χ3v) is 3.47. The quantitative estimate of drug-likeness (QED) is 0.798. The number of hydrogen-bond acceptors (Lipinski definition) is 2. The Morgan fingerprint density at radius 3 is 2.73 bits per heavy atom. The Bertz CT molecular complexity index is 845. The molecule has 22 heavy (non-hydrogen) atoms. The van der Waals surface area contributed by atoms with E-state index in [1.165, 1.54) is 12.1 Å². The van der Waals surface area contributed by atoms with E-state index >= 15 is 0 Å². The highest BCUT2D eigenvalue weighted by atomic mass is 19.1. The van der Waals surface area contributed by atoms with Crippen LogP contribution in [0, 0.1) is 5.82 Å². The molecule has 3 rings (SSSR count). The lowest BCUT2D eigenvalue weighted by Gasteiger charge is -2.08. The van der Waals surface area contributed by atoms with E-state index in [-0.39, 0.29) is 11.7 Å². The van der Waals surface area contributed by atoms with Gasteiger partial charge in [-0.25, -0.2) is 4.39 Å². The molecule has 0 aliphatic heterocycles. The molecule has 0 atom stereocenters. The van der Waals surface area contributed by atoms with Crippen molar-refractivity contribution in [3.63, 3.8) is 0 Å². The van der Waals surface area contributed by atoms with Crippen molar-refractivity contribution < 1.29 is 9.18 Å². The van der Waals surface area contributed by atoms with Crippen molar-refractivity contribution in [3.05, 3.63) is 66.1 Å². The van der Waals surface area contributed by atoms with Crippen LogP contribution in [0.5, 0.6) is 0 Å². The lowest BCUT2D eigenvalue weighted by molar-refractivity contribution is 0.0957. The van der Waals surface area contributed by atoms with Gasteiger partial charge in [-0.05, 0) is 42.8 Å². The maximum atomic E-state index is 13.4. The fraction of sp³-hybridized carbons (Fsp3) is 0.111. The minimum Gasteiger partial charge on any atom is -0.352 e. The molecule has 0 saturated heterocycles. The molecule has 1 aromatic heterocycles. The van der Waals surface area contributed by atoms with Gasteiger partial charge in [-0.1, -0.05) is 18.2 Å². The zero-order chi connectivity index (χ0) is 15.5. The maximum absolute atomic E-state index is 13.4. The summed E-state index contributed by atoms with van der Waals surface area (Å²) in [5.41, 5.74) is 2.83. The number of aromatic nitrogens is 1. The van der Waals surface area contributed by atoms with Crippen molar-refractivity contribution in [2.45, 2.75) is 6.92 Å². The van der Waals surface area contributed by atoms with Crippen LogP contribution in [0.2, 0.25) is 0 Å². The van der Waals surface area contributed by atoms with E-state index in [9.17, 15) is 9.18 Å². The summed E-state index contributed by atoms with van der Waals surface area (Å²) in [7, 11) is 0. The Labute approximate surface area is 127 Å². The number of halogens is 1. The van der Waals surface area contributed by atoms with Crippen molar-refractivity contribution >= 4 is 16.8 Å². The first-order valence-corrected chi connectivity index (χ1v) is 7.12. The zero-order valence-electron chi connectivity index (χ0n) is 12.1. The van der Waals surface area contributed by atoms with Crippen molar-refractivity contribution in [2.75, 3.05) is 6.54 Å². The minimum absolute atomic E-state index is 0.133. The molecule has 0 spiro atoms. The average Bonchev–Trinajstić information content (AvgIpc) is 2.54. The van der Waals surface area contributed by atoms with Crippen molar-refractivity contribution in [1.29, 1.82) is 0 Å². The van der Waals surface area contributed by atoms with Gasteiger partial charge in [0.05, 0.1) is 5.52 Å². The number of rotatable bonds is 3. The lowest BCUT2D eigenvalue weighted by Crippen LogP contribution is -2.22. The summed E-state index contributed by atoms with van der Waals surface area (Å²) >= 11 is 0. The molecule has 1 heterocycles. The number of nitrogens with one attached hydrogen (secondary N) is 1. The average molecular weight is 294 g/mol. The molecule has 0 aliphatic rings. The second kappa shape index (κ2) is 5.93. The highest BCUT2D eigenvalue weighted by Gasteiger charge is 2.11. The van der Waals surface area contributed by atoms with Crippen LogP contribution in [0.4, 0.5) is 4.39 Å². The Kier molecular flexibility index (Phi) is 3.83. The summed E-state index contributed by atoms with van der Waals surface area (Å²) in [5, 5.41) is 3.56. The lowest BCUT2D eigenvalue weighted by atomic mass is 10.0. The van der Waals surface area contributed by atoms with Crippen LogP contribution in [0.25, 0.3) is 22.0 Å². The minimum atomic E-state index is -0.297. The van der Waals surface area contributed by atoms with Gasteiger partial charge in [0.15, 0.2) is 0 Å². The molecule has 4 heteroatoms. The molecule has 0 unspecified atom stereocenters. The van der Waals surface area contributed by atoms with Gasteiger partial charge in [-0.2, -0.15) is 0 Å². The molecule has 0 fully saturated rings. The number of pyridine rings is 1. The Morgan fingerprint density at radius 2 is 1.95 bits per heavy atom. The molecule has 3 aromatic rings. The summed E-state index contributed by atoms with van der Waals surface area (Å²) in [6.07, 6.45) is 1.69. The number of amides is 1. The van der Waals surface area contributed by atoms with Crippen LogP contribution in [0.3, 0.4) is 0 Å². The van der Waals surface area contributed by atoms with Crippen molar-refractivity contribution in [1.82, 2.24) is 10.3 Å². The van der Waals surface area contributed by atoms with E-state index in [0.717, 1.165) is 22.0 Å². The van der Waals surface area contributed by atoms with Crippen LogP contribution < -0.4 is 5.32 Å². The van der Waals surface area contributed by atoms with Gasteiger partial charge in [0.25, 0.3) is 5.91 Å². The van der Waals surface area contributed by atoms with E-state index in [4.69, 9.17) is 0 Å². The summed E-state index contributed by atoms with van der Waals surface area (Å²) in [6, 6.07) is 13.6. The number of hydrogen-bond donors (Lipinski definition) is 1. The molecule has 3 nitrogen and oxygen atoms in total. The van der Waals surface area contributed by atoms with Crippen LogP contribution in [0.1, 0.15) is 17.3 Å². The molecule has 0 bridgehead atoms. The summed E-state index contributed by atoms with van der Waals surface area (Å²) in [6.45, 7) is 2.44. The number of benzene rings is 2. The van der Waals surface area contributed by atoms with E-state index < -0.39 is 0 Å². The monoisotopic (exact) mass is 294 g/mol. The number of carbonyl (C=O) groups excluding carboxylic acids is 1. The first-order valence-electron chi connectivity index (χ1n) is 7.12. The summed E-state index contributed by atoms with van der Waals surface area (Å²) in [4.78, 5) is 16.5. The van der Waals surface area contributed by atoms with Gasteiger partial charge in [0, 0.05) is 29.3 Å². The first kappa shape index (κ1) is 14.2. The first-order chi connectivity index (χ1) is 10.7. The number of nitrogens with zero attached hydrogens (tertiary/aromatic N) is 1. The molecular weight excluding hydrogens is 279 g/mol. The van der Waals surface area contributed by atoms with Gasteiger partial charge in [0.2, 0.25) is 0 Å². The summed E-state index contributed by atoms with van der Waals surface area (Å²) < 4.78 is 13.4. The molecule has 1 amide bonds. The Balaban J connectivity index is 2.16. The molecule has 0 saturated carbocycles. The fourth-order valence-corrected chi connectivity index (χ4v) is 2.43. The van der Waals surface area contributed by atoms with Crippen molar-refractivity contribution in [2.24, 2.45) is 0 Å². The standard InChI is InChI=1S/C18H15FN2O/c1-2-20-18(22)15-7-4-8-17-16(15)10-13(11-21-17)12-5-3-6-14(19)9-12/h3-11H,2H2,1H3,(H,20,22). The molecule has 1 N–H and O–H groups in total. The molecule has 110 valence electrons. The normalized spacial score (nSPS) is 10.6. The Hall–Kier alpha value is -2.75. The van der Waals surface area contributed by atoms with Crippen LogP contribution >= 0.6 is 0 Å². The van der Waals surface area contributed by atoms with E-state index in [0.29, 0.717) is 12.1 Å². The SMILES string of the molecule is CCNC(=O)c1cccc2ncc(-c3cccc(F)c3)cc12. The van der Waals surface area contributed by atoms with Gasteiger partial charge in [-0.3, -0.25) is 9.78 Å².